The molecule has 1 aromatic carbocycles. The maximum absolute atomic E-state index is 5.76. The monoisotopic (exact) mass is 406 g/mol. The van der Waals surface area contributed by atoms with Gasteiger partial charge in [-0.05, 0) is 54.3 Å². The van der Waals surface area contributed by atoms with Crippen LogP contribution in [0.1, 0.15) is 37.9 Å². The Kier molecular flexibility index (Phi) is 7.43. The van der Waals surface area contributed by atoms with Crippen molar-refractivity contribution in [1.82, 2.24) is 25.4 Å². The number of pyridine rings is 1. The lowest BCUT2D eigenvalue weighted by atomic mass is 10.1. The topological polar surface area (TPSA) is 76.4 Å². The first-order chi connectivity index (χ1) is 14.5. The van der Waals surface area contributed by atoms with Crippen molar-refractivity contribution in [3.8, 4) is 11.6 Å². The molecule has 2 aromatic heterocycles. The van der Waals surface area contributed by atoms with Gasteiger partial charge < -0.3 is 15.4 Å². The van der Waals surface area contributed by atoms with E-state index >= 15 is 0 Å². The highest BCUT2D eigenvalue weighted by molar-refractivity contribution is 5.80. The van der Waals surface area contributed by atoms with E-state index < -0.39 is 0 Å². The molecule has 7 heteroatoms. The number of nitrogens with zero attached hydrogens (tertiary/aromatic N) is 4. The van der Waals surface area contributed by atoms with E-state index in [1.54, 1.807) is 24.1 Å². The predicted molar refractivity (Wildman–Crippen MR) is 120 cm³/mol. The zero-order valence-corrected chi connectivity index (χ0v) is 18.0. The van der Waals surface area contributed by atoms with Crippen molar-refractivity contribution in [3.05, 3.63) is 72.2 Å². The summed E-state index contributed by atoms with van der Waals surface area (Å²) in [4.78, 5) is 8.71. The summed E-state index contributed by atoms with van der Waals surface area (Å²) in [6.07, 6.45) is 5.40. The lowest BCUT2D eigenvalue weighted by Crippen LogP contribution is -2.38. The predicted octanol–water partition coefficient (Wildman–Crippen LogP) is 3.73. The fraction of sp³-hybridized carbons (Fsp3) is 0.348. The second-order valence-corrected chi connectivity index (χ2v) is 7.54. The third kappa shape index (κ3) is 6.07. The summed E-state index contributed by atoms with van der Waals surface area (Å²) >= 11 is 0. The average molecular weight is 407 g/mol. The van der Waals surface area contributed by atoms with Crippen LogP contribution in [0.3, 0.4) is 0 Å². The second-order valence-electron chi connectivity index (χ2n) is 7.54. The van der Waals surface area contributed by atoms with Crippen LogP contribution in [0.2, 0.25) is 0 Å². The lowest BCUT2D eigenvalue weighted by molar-refractivity contribution is 0.271. The van der Waals surface area contributed by atoms with Crippen LogP contribution in [0.4, 0.5) is 0 Å². The van der Waals surface area contributed by atoms with Crippen LogP contribution in [-0.4, -0.2) is 34.4 Å². The summed E-state index contributed by atoms with van der Waals surface area (Å²) in [6.45, 7) is 7.75. The second kappa shape index (κ2) is 10.4. The molecule has 0 aliphatic carbocycles. The summed E-state index contributed by atoms with van der Waals surface area (Å²) in [5, 5.41) is 11.0. The first-order valence-corrected chi connectivity index (χ1v) is 10.2. The van der Waals surface area contributed by atoms with E-state index in [1.165, 1.54) is 5.56 Å². The summed E-state index contributed by atoms with van der Waals surface area (Å²) in [6, 6.07) is 14.2. The highest BCUT2D eigenvalue weighted by Crippen LogP contribution is 2.18. The molecular weight excluding hydrogens is 376 g/mol. The first-order valence-electron chi connectivity index (χ1n) is 10.2. The van der Waals surface area contributed by atoms with Gasteiger partial charge in [-0.25, -0.2) is 9.67 Å². The minimum absolute atomic E-state index is 0.104. The van der Waals surface area contributed by atoms with Crippen LogP contribution in [-0.2, 0) is 6.54 Å². The van der Waals surface area contributed by atoms with Crippen LogP contribution in [0, 0.1) is 5.92 Å². The van der Waals surface area contributed by atoms with Gasteiger partial charge in [-0.2, -0.15) is 5.10 Å². The van der Waals surface area contributed by atoms with Crippen molar-refractivity contribution in [2.24, 2.45) is 10.9 Å². The van der Waals surface area contributed by atoms with Crippen molar-refractivity contribution >= 4 is 5.96 Å². The normalized spacial score (nSPS) is 12.6. The number of guanidine groups is 1. The number of hydrogen-bond acceptors (Lipinski definition) is 4. The zero-order valence-electron chi connectivity index (χ0n) is 18.0. The molecule has 2 N–H and O–H groups in total. The molecule has 0 saturated carbocycles. The summed E-state index contributed by atoms with van der Waals surface area (Å²) in [5.41, 5.74) is 2.26. The Hall–Kier alpha value is -3.35. The van der Waals surface area contributed by atoms with E-state index in [9.17, 15) is 0 Å². The minimum Gasteiger partial charge on any atom is -0.493 e. The maximum Gasteiger partial charge on any atom is 0.191 e. The van der Waals surface area contributed by atoms with Crippen LogP contribution < -0.4 is 15.4 Å². The van der Waals surface area contributed by atoms with E-state index in [0.29, 0.717) is 12.5 Å². The van der Waals surface area contributed by atoms with Crippen molar-refractivity contribution < 1.29 is 4.74 Å². The Labute approximate surface area is 178 Å². The molecule has 7 nitrogen and oxygen atoms in total. The molecule has 0 bridgehead atoms. The highest BCUT2D eigenvalue weighted by Gasteiger charge is 2.09. The molecule has 30 heavy (non-hydrogen) atoms. The number of rotatable bonds is 8. The Morgan fingerprint density at radius 1 is 1.13 bits per heavy atom. The van der Waals surface area contributed by atoms with E-state index in [4.69, 9.17) is 4.74 Å². The molecule has 0 radical (unpaired) electrons. The third-order valence-corrected chi connectivity index (χ3v) is 4.55. The van der Waals surface area contributed by atoms with E-state index in [0.717, 1.165) is 29.7 Å². The van der Waals surface area contributed by atoms with Gasteiger partial charge in [0.15, 0.2) is 11.8 Å². The summed E-state index contributed by atoms with van der Waals surface area (Å²) < 4.78 is 7.50. The molecule has 0 saturated heterocycles. The van der Waals surface area contributed by atoms with Gasteiger partial charge >= 0.3 is 0 Å². The largest absolute Gasteiger partial charge is 0.493 e. The number of hydrogen-bond donors (Lipinski definition) is 2. The SMILES string of the molecule is CN=C(NCc1ccnc(-n2cccn2)c1)NC(C)c1ccc(OCC(C)C)cc1. The molecule has 0 amide bonds. The van der Waals surface area contributed by atoms with E-state index in [-0.39, 0.29) is 6.04 Å². The van der Waals surface area contributed by atoms with E-state index in [1.807, 2.05) is 36.5 Å². The molecule has 158 valence electrons. The molecule has 1 atom stereocenters. The van der Waals surface area contributed by atoms with Gasteiger partial charge in [-0.1, -0.05) is 26.0 Å². The van der Waals surface area contributed by atoms with Crippen LogP contribution in [0.25, 0.3) is 5.82 Å². The number of nitrogens with one attached hydrogen (secondary N) is 2. The number of aromatic nitrogens is 3. The highest BCUT2D eigenvalue weighted by atomic mass is 16.5. The summed E-state index contributed by atoms with van der Waals surface area (Å²) in [5.74, 6) is 2.93. The molecule has 0 spiro atoms. The van der Waals surface area contributed by atoms with Gasteiger partial charge in [0.25, 0.3) is 0 Å². The van der Waals surface area contributed by atoms with Gasteiger partial charge in [-0.15, -0.1) is 0 Å². The number of benzene rings is 1. The third-order valence-electron chi connectivity index (χ3n) is 4.55. The van der Waals surface area contributed by atoms with Gasteiger partial charge in [-0.3, -0.25) is 4.99 Å². The minimum atomic E-state index is 0.104. The number of aliphatic imine (C=N–C) groups is 1. The Morgan fingerprint density at radius 3 is 2.60 bits per heavy atom. The van der Waals surface area contributed by atoms with Crippen molar-refractivity contribution in [2.45, 2.75) is 33.4 Å². The van der Waals surface area contributed by atoms with Crippen LogP contribution in [0.15, 0.2) is 66.0 Å². The Balaban J connectivity index is 1.55. The Morgan fingerprint density at radius 2 is 1.93 bits per heavy atom. The molecule has 0 fully saturated rings. The van der Waals surface area contributed by atoms with Crippen LogP contribution in [0.5, 0.6) is 5.75 Å². The molecule has 3 aromatic rings. The van der Waals surface area contributed by atoms with Gasteiger partial charge in [0.1, 0.15) is 5.75 Å². The first kappa shape index (κ1) is 21.4. The molecule has 0 aliphatic heterocycles. The van der Waals surface area contributed by atoms with Gasteiger partial charge in [0.05, 0.1) is 12.6 Å². The molecule has 2 heterocycles. The fourth-order valence-corrected chi connectivity index (χ4v) is 2.88. The fourth-order valence-electron chi connectivity index (χ4n) is 2.88. The Bertz CT molecular complexity index is 935. The molecule has 0 aliphatic rings. The van der Waals surface area contributed by atoms with Crippen LogP contribution >= 0.6 is 0 Å². The standard InChI is InChI=1S/C23H30N6O/c1-17(2)16-30-21-8-6-20(7-9-21)18(3)28-23(24-4)26-15-19-10-12-25-22(14-19)29-13-5-11-27-29/h5-14,17-18H,15-16H2,1-4H3,(H2,24,26,28). The zero-order chi connectivity index (χ0) is 21.3. The quantitative estimate of drug-likeness (QED) is 0.440. The molecule has 3 rings (SSSR count). The van der Waals surface area contributed by atoms with Crippen molar-refractivity contribution in [1.29, 1.82) is 0 Å². The molecular formula is C23H30N6O. The number of ether oxygens (including phenoxy) is 1. The van der Waals surface area contributed by atoms with Crippen molar-refractivity contribution in [3.63, 3.8) is 0 Å². The maximum atomic E-state index is 5.76. The van der Waals surface area contributed by atoms with E-state index in [2.05, 4.69) is 58.6 Å². The van der Waals surface area contributed by atoms with Crippen molar-refractivity contribution in [2.75, 3.05) is 13.7 Å². The lowest BCUT2D eigenvalue weighted by Gasteiger charge is -2.19. The smallest absolute Gasteiger partial charge is 0.191 e. The average Bonchev–Trinajstić information content (AvgIpc) is 3.30. The van der Waals surface area contributed by atoms with Gasteiger partial charge in [0.2, 0.25) is 0 Å². The summed E-state index contributed by atoms with van der Waals surface area (Å²) in [7, 11) is 1.77. The van der Waals surface area contributed by atoms with Gasteiger partial charge in [0, 0.05) is 32.2 Å². The molecule has 1 unspecified atom stereocenters.